The van der Waals surface area contributed by atoms with Crippen molar-refractivity contribution in [1.82, 2.24) is 5.48 Å². The van der Waals surface area contributed by atoms with Crippen molar-refractivity contribution in [3.05, 3.63) is 71.0 Å². The van der Waals surface area contributed by atoms with Crippen LogP contribution in [0, 0.1) is 17.1 Å². The predicted molar refractivity (Wildman–Crippen MR) is 69.2 cm³/mol. The third-order valence-corrected chi connectivity index (χ3v) is 2.63. The zero-order valence-electron chi connectivity index (χ0n) is 10.3. The lowest BCUT2D eigenvalue weighted by molar-refractivity contribution is 0.0234. The third-order valence-electron chi connectivity index (χ3n) is 2.63. The zero-order chi connectivity index (χ0) is 13.5. The van der Waals surface area contributed by atoms with Crippen LogP contribution in [-0.2, 0) is 18.0 Å². The van der Waals surface area contributed by atoms with E-state index in [1.807, 2.05) is 36.4 Å². The average molecular weight is 256 g/mol. The molecule has 2 rings (SSSR count). The van der Waals surface area contributed by atoms with Crippen molar-refractivity contribution < 1.29 is 9.23 Å². The summed E-state index contributed by atoms with van der Waals surface area (Å²) in [5, 5.41) is 8.90. The first kappa shape index (κ1) is 13.2. The van der Waals surface area contributed by atoms with Crippen LogP contribution in [0.15, 0.2) is 48.5 Å². The molecule has 0 aliphatic heterocycles. The lowest BCUT2D eigenvalue weighted by Gasteiger charge is -2.07. The van der Waals surface area contributed by atoms with Gasteiger partial charge in [0.1, 0.15) is 5.82 Å². The maximum Gasteiger partial charge on any atom is 0.123 e. The van der Waals surface area contributed by atoms with Gasteiger partial charge in [-0.15, -0.1) is 0 Å². The summed E-state index contributed by atoms with van der Waals surface area (Å²) in [4.78, 5) is 5.28. The van der Waals surface area contributed by atoms with Gasteiger partial charge in [-0.2, -0.15) is 10.7 Å². The number of hydrogen-bond acceptors (Lipinski definition) is 3. The van der Waals surface area contributed by atoms with Crippen molar-refractivity contribution in [2.75, 3.05) is 0 Å². The highest BCUT2D eigenvalue weighted by Crippen LogP contribution is 2.10. The Morgan fingerprint density at radius 2 is 1.95 bits per heavy atom. The third kappa shape index (κ3) is 3.88. The summed E-state index contributed by atoms with van der Waals surface area (Å²) in [6, 6.07) is 15.8. The van der Waals surface area contributed by atoms with Gasteiger partial charge in [-0.1, -0.05) is 30.3 Å². The van der Waals surface area contributed by atoms with Crippen LogP contribution in [-0.4, -0.2) is 0 Å². The molecule has 0 radical (unpaired) electrons. The fraction of sp³-hybridized carbons (Fsp3) is 0.133. The molecule has 0 atom stereocenters. The maximum absolute atomic E-state index is 13.1. The predicted octanol–water partition coefficient (Wildman–Crippen LogP) is 2.92. The van der Waals surface area contributed by atoms with Gasteiger partial charge in [0.25, 0.3) is 0 Å². The van der Waals surface area contributed by atoms with Crippen molar-refractivity contribution in [2.24, 2.45) is 0 Å². The Morgan fingerprint density at radius 3 is 2.68 bits per heavy atom. The van der Waals surface area contributed by atoms with Crippen molar-refractivity contribution in [2.45, 2.75) is 13.2 Å². The van der Waals surface area contributed by atoms with Gasteiger partial charge in [0.2, 0.25) is 0 Å². The van der Waals surface area contributed by atoms with Gasteiger partial charge in [0, 0.05) is 6.54 Å². The molecule has 0 aromatic heterocycles. The van der Waals surface area contributed by atoms with E-state index in [1.165, 1.54) is 18.2 Å². The van der Waals surface area contributed by atoms with Gasteiger partial charge >= 0.3 is 0 Å². The van der Waals surface area contributed by atoms with Crippen LogP contribution in [0.5, 0.6) is 0 Å². The summed E-state index contributed by atoms with van der Waals surface area (Å²) < 4.78 is 13.1. The molecular weight excluding hydrogens is 243 g/mol. The molecule has 0 unspecified atom stereocenters. The lowest BCUT2D eigenvalue weighted by atomic mass is 10.1. The fourth-order valence-corrected chi connectivity index (χ4v) is 1.65. The molecule has 0 bridgehead atoms. The molecule has 0 saturated heterocycles. The SMILES string of the molecule is N#Cc1ccc(F)cc1CNOCc1ccccc1. The molecule has 0 aliphatic rings. The highest BCUT2D eigenvalue weighted by Gasteiger charge is 2.03. The Hall–Kier alpha value is -2.22. The molecule has 0 spiro atoms. The normalized spacial score (nSPS) is 10.1. The zero-order valence-corrected chi connectivity index (χ0v) is 10.3. The molecular formula is C15H13FN2O. The van der Waals surface area contributed by atoms with Gasteiger partial charge in [-0.3, -0.25) is 4.84 Å². The van der Waals surface area contributed by atoms with Crippen molar-refractivity contribution >= 4 is 0 Å². The molecule has 0 saturated carbocycles. The molecule has 0 aliphatic carbocycles. The number of halogens is 1. The highest BCUT2D eigenvalue weighted by atomic mass is 19.1. The summed E-state index contributed by atoms with van der Waals surface area (Å²) in [5.41, 5.74) is 4.79. The van der Waals surface area contributed by atoms with Crippen LogP contribution in [0.4, 0.5) is 4.39 Å². The number of benzene rings is 2. The van der Waals surface area contributed by atoms with Crippen LogP contribution in [0.25, 0.3) is 0 Å². The minimum atomic E-state index is -0.362. The lowest BCUT2D eigenvalue weighted by Crippen LogP contribution is -2.14. The summed E-state index contributed by atoms with van der Waals surface area (Å²) in [5.74, 6) is -0.362. The first-order valence-corrected chi connectivity index (χ1v) is 5.86. The van der Waals surface area contributed by atoms with E-state index in [4.69, 9.17) is 10.1 Å². The second kappa shape index (κ2) is 6.64. The van der Waals surface area contributed by atoms with Crippen LogP contribution >= 0.6 is 0 Å². The van der Waals surface area contributed by atoms with Gasteiger partial charge in [0.15, 0.2) is 0 Å². The van der Waals surface area contributed by atoms with E-state index in [2.05, 4.69) is 5.48 Å². The van der Waals surface area contributed by atoms with Crippen molar-refractivity contribution in [3.8, 4) is 6.07 Å². The van der Waals surface area contributed by atoms with Crippen LogP contribution in [0.3, 0.4) is 0 Å². The second-order valence-electron chi connectivity index (χ2n) is 4.01. The highest BCUT2D eigenvalue weighted by molar-refractivity contribution is 5.37. The van der Waals surface area contributed by atoms with Crippen LogP contribution in [0.2, 0.25) is 0 Å². The number of hydroxylamine groups is 1. The number of nitriles is 1. The number of rotatable bonds is 5. The molecule has 19 heavy (non-hydrogen) atoms. The van der Waals surface area contributed by atoms with Crippen molar-refractivity contribution in [1.29, 1.82) is 5.26 Å². The van der Waals surface area contributed by atoms with E-state index in [0.29, 0.717) is 17.7 Å². The van der Waals surface area contributed by atoms with E-state index in [-0.39, 0.29) is 12.4 Å². The standard InChI is InChI=1S/C15H13FN2O/c16-15-7-6-13(9-17)14(8-15)10-18-19-11-12-4-2-1-3-5-12/h1-8,18H,10-11H2. The van der Waals surface area contributed by atoms with Gasteiger partial charge in [0.05, 0.1) is 18.2 Å². The summed E-state index contributed by atoms with van der Waals surface area (Å²) in [6.07, 6.45) is 0. The molecule has 0 fully saturated rings. The van der Waals surface area contributed by atoms with Gasteiger partial charge in [-0.25, -0.2) is 4.39 Å². The summed E-state index contributed by atoms with van der Waals surface area (Å²) >= 11 is 0. The van der Waals surface area contributed by atoms with Crippen molar-refractivity contribution in [3.63, 3.8) is 0 Å². The Balaban J connectivity index is 1.86. The Kier molecular flexibility index (Phi) is 4.62. The Labute approximate surface area is 111 Å². The second-order valence-corrected chi connectivity index (χ2v) is 4.01. The summed E-state index contributed by atoms with van der Waals surface area (Å²) in [6.45, 7) is 0.700. The minimum absolute atomic E-state index is 0.285. The molecule has 2 aromatic carbocycles. The van der Waals surface area contributed by atoms with Gasteiger partial charge < -0.3 is 0 Å². The Morgan fingerprint density at radius 1 is 1.16 bits per heavy atom. The number of nitrogens with zero attached hydrogens (tertiary/aromatic N) is 1. The largest absolute Gasteiger partial charge is 0.297 e. The fourth-order valence-electron chi connectivity index (χ4n) is 1.65. The topological polar surface area (TPSA) is 45.0 Å². The molecule has 3 nitrogen and oxygen atoms in total. The van der Waals surface area contributed by atoms with Crippen LogP contribution in [0.1, 0.15) is 16.7 Å². The first-order chi connectivity index (χ1) is 9.29. The Bertz CT molecular complexity index is 578. The molecule has 2 aromatic rings. The van der Waals surface area contributed by atoms with E-state index in [1.54, 1.807) is 0 Å². The monoisotopic (exact) mass is 256 g/mol. The summed E-state index contributed by atoms with van der Waals surface area (Å²) in [7, 11) is 0. The van der Waals surface area contributed by atoms with E-state index >= 15 is 0 Å². The number of nitrogens with one attached hydrogen (secondary N) is 1. The smallest absolute Gasteiger partial charge is 0.123 e. The molecule has 4 heteroatoms. The number of hydrogen-bond donors (Lipinski definition) is 1. The first-order valence-electron chi connectivity index (χ1n) is 5.86. The molecule has 0 heterocycles. The van der Waals surface area contributed by atoms with E-state index < -0.39 is 0 Å². The quantitative estimate of drug-likeness (QED) is 0.661. The molecule has 0 amide bonds. The van der Waals surface area contributed by atoms with Gasteiger partial charge in [-0.05, 0) is 29.3 Å². The molecule has 96 valence electrons. The maximum atomic E-state index is 13.1. The average Bonchev–Trinajstić information content (AvgIpc) is 2.45. The minimum Gasteiger partial charge on any atom is -0.297 e. The van der Waals surface area contributed by atoms with E-state index in [9.17, 15) is 4.39 Å². The molecule has 1 N–H and O–H groups in total. The van der Waals surface area contributed by atoms with Crippen LogP contribution < -0.4 is 5.48 Å². The van der Waals surface area contributed by atoms with E-state index in [0.717, 1.165) is 5.56 Å².